The summed E-state index contributed by atoms with van der Waals surface area (Å²) < 4.78 is 4.64. The molecule has 0 unspecified atom stereocenters. The van der Waals surface area contributed by atoms with Gasteiger partial charge in [-0.15, -0.1) is 5.21 Å². The van der Waals surface area contributed by atoms with E-state index < -0.39 is 6.09 Å². The van der Waals surface area contributed by atoms with Crippen LogP contribution in [0.2, 0.25) is 0 Å². The molecule has 0 radical (unpaired) electrons. The molecular weight excluding hydrogens is 369 g/mol. The third-order valence-electron chi connectivity index (χ3n) is 0.972. The maximum Gasteiger partial charge on any atom is 1.00 e. The predicted molar refractivity (Wildman–Crippen MR) is 45.8 cm³/mol. The number of ether oxygens (including phenoxy) is 1. The van der Waals surface area contributed by atoms with Gasteiger partial charge in [-0.3, -0.25) is 5.10 Å². The summed E-state index contributed by atoms with van der Waals surface area (Å²) in [5, 5.41) is 11.6. The molecule has 1 amide bonds. The van der Waals surface area contributed by atoms with Crippen molar-refractivity contribution in [1.29, 1.82) is 0 Å². The minimum absolute atomic E-state index is 0. The molecule has 0 aliphatic carbocycles. The van der Waals surface area contributed by atoms with E-state index in [0.717, 1.165) is 0 Å². The van der Waals surface area contributed by atoms with Crippen LogP contribution in [0, 0.1) is 6.20 Å². The number of alkyl carbamates (subject to hydrolysis) is 1. The van der Waals surface area contributed by atoms with Crippen molar-refractivity contribution in [1.82, 2.24) is 20.7 Å². The average molecular weight is 382 g/mol. The quantitative estimate of drug-likeness (QED) is 0.576. The maximum atomic E-state index is 10.5. The van der Waals surface area contributed by atoms with Crippen molar-refractivity contribution in [2.45, 2.75) is 20.5 Å². The van der Waals surface area contributed by atoms with Crippen LogP contribution in [0.1, 0.15) is 19.5 Å². The third kappa shape index (κ3) is 6.64. The molecule has 0 aromatic carbocycles. The zero-order valence-electron chi connectivity index (χ0n) is 8.22. The predicted octanol–water partition coefficient (Wildman–Crippen LogP) is 0.485. The van der Waals surface area contributed by atoms with Gasteiger partial charge in [0.1, 0.15) is 6.61 Å². The van der Waals surface area contributed by atoms with Gasteiger partial charge >= 0.3 is 28.5 Å². The summed E-state index contributed by atoms with van der Waals surface area (Å²) in [4.78, 5) is 10.5. The Hall–Kier alpha value is -0.850. The normalized spacial score (nSPS) is 7.64. The summed E-state index contributed by atoms with van der Waals surface area (Å²) in [5.74, 6) is 0. The van der Waals surface area contributed by atoms with Crippen molar-refractivity contribution < 1.29 is 31.9 Å². The van der Waals surface area contributed by atoms with E-state index >= 15 is 0 Å². The first-order chi connectivity index (χ1) is 6.33. The minimum atomic E-state index is -0.493. The monoisotopic (exact) mass is 382 g/mol. The van der Waals surface area contributed by atoms with Crippen LogP contribution < -0.4 is 5.32 Å². The first kappa shape index (κ1) is 15.6. The van der Waals surface area contributed by atoms with Crippen LogP contribution in [-0.4, -0.2) is 28.6 Å². The number of carbonyl (C=O) groups is 1. The molecule has 1 rings (SSSR count). The fraction of sp³-hybridized carbons (Fsp3) is 0.571. The van der Waals surface area contributed by atoms with Gasteiger partial charge in [-0.1, -0.05) is 19.5 Å². The van der Waals surface area contributed by atoms with E-state index in [1.54, 1.807) is 0 Å². The average Bonchev–Trinajstić information content (AvgIpc) is 2.70. The molecule has 14 heavy (non-hydrogen) atoms. The molecule has 7 heteroatoms. The van der Waals surface area contributed by atoms with Crippen molar-refractivity contribution in [3.8, 4) is 0 Å². The van der Waals surface area contributed by atoms with Crippen LogP contribution in [0.3, 0.4) is 0 Å². The van der Waals surface area contributed by atoms with E-state index in [-0.39, 0.29) is 29.0 Å². The SMILES string of the molecule is CC.CNC(=O)OCc1[c-]nn[nH]1.[Au+]. The fourth-order valence-electron chi connectivity index (χ4n) is 0.470. The summed E-state index contributed by atoms with van der Waals surface area (Å²) in [7, 11) is 1.48. The Labute approximate surface area is 98.3 Å². The Morgan fingerprint density at radius 3 is 2.71 bits per heavy atom. The Morgan fingerprint density at radius 1 is 1.64 bits per heavy atom. The van der Waals surface area contributed by atoms with Gasteiger partial charge in [-0.2, -0.15) is 0 Å². The summed E-state index contributed by atoms with van der Waals surface area (Å²) >= 11 is 0. The van der Waals surface area contributed by atoms with Gasteiger partial charge in [-0.05, 0) is 0 Å². The second-order valence-corrected chi connectivity index (χ2v) is 1.73. The molecule has 2 N–H and O–H groups in total. The zero-order chi connectivity index (χ0) is 10.1. The van der Waals surface area contributed by atoms with Crippen LogP contribution >= 0.6 is 0 Å². The number of nitrogens with zero attached hydrogens (tertiary/aromatic N) is 2. The van der Waals surface area contributed by atoms with Crippen molar-refractivity contribution in [3.63, 3.8) is 0 Å². The van der Waals surface area contributed by atoms with Gasteiger partial charge in [0.05, 0.1) is 0 Å². The van der Waals surface area contributed by atoms with Gasteiger partial charge in [0.2, 0.25) is 0 Å². The van der Waals surface area contributed by atoms with Crippen molar-refractivity contribution in [2.75, 3.05) is 7.05 Å². The number of rotatable bonds is 2. The zero-order valence-corrected chi connectivity index (χ0v) is 10.4. The van der Waals surface area contributed by atoms with Gasteiger partial charge in [0.15, 0.2) is 0 Å². The minimum Gasteiger partial charge on any atom is -0.446 e. The molecule has 0 atom stereocenters. The van der Waals surface area contributed by atoms with E-state index in [2.05, 4.69) is 31.7 Å². The molecule has 84 valence electrons. The molecule has 6 nitrogen and oxygen atoms in total. The van der Waals surface area contributed by atoms with E-state index in [1.165, 1.54) is 7.05 Å². The van der Waals surface area contributed by atoms with E-state index in [4.69, 9.17) is 0 Å². The molecule has 1 heterocycles. The Kier molecular flexibility index (Phi) is 11.4. The van der Waals surface area contributed by atoms with Crippen LogP contribution in [0.25, 0.3) is 0 Å². The molecule has 0 aliphatic heterocycles. The van der Waals surface area contributed by atoms with Crippen LogP contribution in [0.4, 0.5) is 4.79 Å². The standard InChI is InChI=1S/C5H7N4O2.C2H6.Au/c1-6-5(10)11-3-4-2-7-9-8-4;1-2;/h3H2,1H3,(H,6,10)(H,7,8,9);1-2H3;/q-1;;+1. The number of aromatic amines is 1. The van der Waals surface area contributed by atoms with Gasteiger partial charge in [0, 0.05) is 7.05 Å². The van der Waals surface area contributed by atoms with Crippen molar-refractivity contribution in [3.05, 3.63) is 11.9 Å². The van der Waals surface area contributed by atoms with E-state index in [9.17, 15) is 4.79 Å². The molecule has 0 saturated heterocycles. The first-order valence-corrected chi connectivity index (χ1v) is 3.95. The summed E-state index contributed by atoms with van der Waals surface area (Å²) in [6, 6.07) is 0. The number of hydrogen-bond acceptors (Lipinski definition) is 4. The summed E-state index contributed by atoms with van der Waals surface area (Å²) in [6.07, 6.45) is 2.00. The maximum absolute atomic E-state index is 10.5. The second-order valence-electron chi connectivity index (χ2n) is 1.73. The number of nitrogens with one attached hydrogen (secondary N) is 2. The number of aromatic nitrogens is 3. The molecule has 0 spiro atoms. The van der Waals surface area contributed by atoms with Gasteiger partial charge < -0.3 is 21.3 Å². The van der Waals surface area contributed by atoms with E-state index in [1.807, 2.05) is 13.8 Å². The summed E-state index contributed by atoms with van der Waals surface area (Å²) in [6.45, 7) is 4.10. The molecular formula is C7H13AuN4O2. The molecule has 0 fully saturated rings. The Balaban J connectivity index is 0. The molecule has 1 aromatic rings. The Morgan fingerprint density at radius 2 is 2.29 bits per heavy atom. The Bertz CT molecular complexity index is 228. The van der Waals surface area contributed by atoms with Crippen LogP contribution in [-0.2, 0) is 33.7 Å². The van der Waals surface area contributed by atoms with E-state index in [0.29, 0.717) is 5.69 Å². The fourth-order valence-corrected chi connectivity index (χ4v) is 0.470. The van der Waals surface area contributed by atoms with Crippen molar-refractivity contribution >= 4 is 6.09 Å². The molecule has 0 bridgehead atoms. The number of hydrogen-bond donors (Lipinski definition) is 2. The summed E-state index contributed by atoms with van der Waals surface area (Å²) in [5.41, 5.74) is 0.536. The number of amides is 1. The van der Waals surface area contributed by atoms with Crippen molar-refractivity contribution in [2.24, 2.45) is 0 Å². The van der Waals surface area contributed by atoms with Crippen LogP contribution in [0.5, 0.6) is 0 Å². The van der Waals surface area contributed by atoms with Gasteiger partial charge in [0.25, 0.3) is 0 Å². The third-order valence-corrected chi connectivity index (χ3v) is 0.972. The second kappa shape index (κ2) is 10.2. The smallest absolute Gasteiger partial charge is 0.446 e. The largest absolute Gasteiger partial charge is 1.00 e. The molecule has 0 aliphatic rings. The molecule has 0 saturated carbocycles. The number of H-pyrrole nitrogens is 1. The topological polar surface area (TPSA) is 79.9 Å². The van der Waals surface area contributed by atoms with Gasteiger partial charge in [-0.25, -0.2) is 4.79 Å². The molecule has 1 aromatic heterocycles. The number of carbonyl (C=O) groups excluding carboxylic acids is 1. The first-order valence-electron chi connectivity index (χ1n) is 3.95. The van der Waals surface area contributed by atoms with Crippen LogP contribution in [0.15, 0.2) is 0 Å².